The van der Waals surface area contributed by atoms with Crippen LogP contribution >= 0.6 is 11.8 Å². The summed E-state index contributed by atoms with van der Waals surface area (Å²) in [6.07, 6.45) is -4.62. The second-order valence-corrected chi connectivity index (χ2v) is 6.53. The Balaban J connectivity index is 1.82. The van der Waals surface area contributed by atoms with Crippen LogP contribution < -0.4 is 15.6 Å². The van der Waals surface area contributed by atoms with E-state index in [9.17, 15) is 35.9 Å². The Labute approximate surface area is 164 Å². The molecule has 0 saturated carbocycles. The zero-order valence-corrected chi connectivity index (χ0v) is 15.0. The molecule has 0 radical (unpaired) electrons. The summed E-state index contributed by atoms with van der Waals surface area (Å²) in [7, 11) is 0. The molecular weight excluding hydrogens is 426 g/mol. The minimum atomic E-state index is -4.62. The topological polar surface area (TPSA) is 67.4 Å². The summed E-state index contributed by atoms with van der Waals surface area (Å²) in [5.41, 5.74) is -1.88. The van der Waals surface area contributed by atoms with Crippen LogP contribution in [-0.4, -0.2) is 23.9 Å². The van der Waals surface area contributed by atoms with Crippen LogP contribution in [0.3, 0.4) is 0 Å². The van der Waals surface area contributed by atoms with E-state index in [2.05, 4.69) is 0 Å². The molecule has 0 spiro atoms. The zero-order valence-electron chi connectivity index (χ0n) is 14.2. The highest BCUT2D eigenvalue weighted by molar-refractivity contribution is 8.00. The van der Waals surface area contributed by atoms with Gasteiger partial charge in [-0.2, -0.15) is 26.3 Å². The molecule has 0 saturated heterocycles. The highest BCUT2D eigenvalue weighted by Crippen LogP contribution is 2.37. The lowest BCUT2D eigenvalue weighted by atomic mass is 10.1. The van der Waals surface area contributed by atoms with Crippen LogP contribution in [0.2, 0.25) is 0 Å². The second-order valence-electron chi connectivity index (χ2n) is 5.39. The van der Waals surface area contributed by atoms with Crippen LogP contribution in [0.4, 0.5) is 26.3 Å². The highest BCUT2D eigenvalue weighted by atomic mass is 32.2. The predicted octanol–water partition coefficient (Wildman–Crippen LogP) is 4.16. The number of hydrogen-bond donors (Lipinski definition) is 2. The first-order valence-corrected chi connectivity index (χ1v) is 8.51. The van der Waals surface area contributed by atoms with E-state index in [1.54, 1.807) is 0 Å². The molecule has 12 heteroatoms. The first-order valence-electron chi connectivity index (χ1n) is 7.69. The fourth-order valence-electron chi connectivity index (χ4n) is 1.96. The maximum atomic E-state index is 12.6. The Morgan fingerprint density at radius 2 is 1.59 bits per heavy atom. The Morgan fingerprint density at radius 3 is 2.17 bits per heavy atom. The number of alkyl halides is 6. The molecule has 0 fully saturated rings. The van der Waals surface area contributed by atoms with Crippen molar-refractivity contribution in [1.29, 1.82) is 0 Å². The molecule has 2 aromatic rings. The zero-order chi connectivity index (χ0) is 21.7. The molecule has 2 aromatic carbocycles. The van der Waals surface area contributed by atoms with Gasteiger partial charge >= 0.3 is 11.7 Å². The smallest absolute Gasteiger partial charge is 0.446 e. The minimum absolute atomic E-state index is 0.0670. The van der Waals surface area contributed by atoms with E-state index in [1.165, 1.54) is 12.1 Å². The Bertz CT molecular complexity index is 869. The SMILES string of the molecule is O=C(COc1ccc(SC(F)(F)F)cc1)NNC(=O)c1cccc(C(F)(F)F)c1. The maximum Gasteiger partial charge on any atom is 0.446 e. The van der Waals surface area contributed by atoms with Crippen molar-refractivity contribution in [2.45, 2.75) is 16.6 Å². The molecule has 29 heavy (non-hydrogen) atoms. The average molecular weight is 438 g/mol. The van der Waals surface area contributed by atoms with E-state index >= 15 is 0 Å². The van der Waals surface area contributed by atoms with Crippen LogP contribution in [-0.2, 0) is 11.0 Å². The van der Waals surface area contributed by atoms with Crippen LogP contribution in [0.25, 0.3) is 0 Å². The number of nitrogens with one attached hydrogen (secondary N) is 2. The van der Waals surface area contributed by atoms with Crippen LogP contribution in [0.15, 0.2) is 53.4 Å². The largest absolute Gasteiger partial charge is 0.484 e. The van der Waals surface area contributed by atoms with E-state index in [-0.39, 0.29) is 28.0 Å². The van der Waals surface area contributed by atoms with Crippen molar-refractivity contribution in [3.05, 3.63) is 59.7 Å². The summed E-state index contributed by atoms with van der Waals surface area (Å²) >= 11 is -0.307. The summed E-state index contributed by atoms with van der Waals surface area (Å²) in [6, 6.07) is 8.35. The molecule has 2 amide bonds. The summed E-state index contributed by atoms with van der Waals surface area (Å²) in [5, 5.41) is 0. The van der Waals surface area contributed by atoms with Gasteiger partial charge in [0.25, 0.3) is 11.8 Å². The lowest BCUT2D eigenvalue weighted by Crippen LogP contribution is -2.43. The van der Waals surface area contributed by atoms with Gasteiger partial charge in [-0.15, -0.1) is 0 Å². The normalized spacial score (nSPS) is 11.7. The molecule has 0 unspecified atom stereocenters. The summed E-state index contributed by atoms with van der Waals surface area (Å²) in [6.45, 7) is -0.589. The molecule has 0 aromatic heterocycles. The van der Waals surface area contributed by atoms with E-state index in [0.717, 1.165) is 30.3 Å². The van der Waals surface area contributed by atoms with Gasteiger partial charge < -0.3 is 4.74 Å². The fourth-order valence-corrected chi connectivity index (χ4v) is 2.50. The van der Waals surface area contributed by atoms with E-state index in [1.807, 2.05) is 10.9 Å². The van der Waals surface area contributed by atoms with Crippen molar-refractivity contribution in [3.63, 3.8) is 0 Å². The predicted molar refractivity (Wildman–Crippen MR) is 90.9 cm³/mol. The van der Waals surface area contributed by atoms with E-state index in [0.29, 0.717) is 6.07 Å². The molecular formula is C17H12F6N2O3S. The van der Waals surface area contributed by atoms with Crippen LogP contribution in [0.5, 0.6) is 5.75 Å². The second kappa shape index (κ2) is 9.07. The first-order chi connectivity index (χ1) is 13.4. The average Bonchev–Trinajstić information content (AvgIpc) is 2.63. The number of rotatable bonds is 5. The molecule has 0 heterocycles. The Hall–Kier alpha value is -2.89. The van der Waals surface area contributed by atoms with Gasteiger partial charge in [0.2, 0.25) is 0 Å². The summed E-state index contributed by atoms with van der Waals surface area (Å²) in [5.74, 6) is -1.70. The molecule has 0 aliphatic heterocycles. The van der Waals surface area contributed by atoms with Gasteiger partial charge in [0.05, 0.1) is 5.56 Å². The first kappa shape index (κ1) is 22.4. The molecule has 2 rings (SSSR count). The number of thioether (sulfide) groups is 1. The van der Waals surface area contributed by atoms with Gasteiger partial charge in [-0.25, -0.2) is 0 Å². The Kier molecular flexibility index (Phi) is 7.01. The Morgan fingerprint density at radius 1 is 0.931 bits per heavy atom. The van der Waals surface area contributed by atoms with Gasteiger partial charge in [-0.05, 0) is 54.2 Å². The molecule has 5 nitrogen and oxygen atoms in total. The number of hydrazine groups is 1. The number of carbonyl (C=O) groups excluding carboxylic acids is 2. The molecule has 0 aliphatic rings. The van der Waals surface area contributed by atoms with E-state index in [4.69, 9.17) is 4.74 Å². The monoisotopic (exact) mass is 438 g/mol. The molecule has 156 valence electrons. The van der Waals surface area contributed by atoms with Crippen LogP contribution in [0.1, 0.15) is 15.9 Å². The molecule has 0 atom stereocenters. The van der Waals surface area contributed by atoms with Crippen molar-refractivity contribution in [1.82, 2.24) is 10.9 Å². The van der Waals surface area contributed by atoms with Crippen molar-refractivity contribution in [3.8, 4) is 5.75 Å². The van der Waals surface area contributed by atoms with E-state index < -0.39 is 35.7 Å². The highest BCUT2D eigenvalue weighted by Gasteiger charge is 2.31. The number of amides is 2. The van der Waals surface area contributed by atoms with Gasteiger partial charge in [-0.1, -0.05) is 6.07 Å². The van der Waals surface area contributed by atoms with Gasteiger partial charge in [0.1, 0.15) is 5.75 Å². The lowest BCUT2D eigenvalue weighted by Gasteiger charge is -2.11. The quantitative estimate of drug-likeness (QED) is 0.418. The number of carbonyl (C=O) groups is 2. The summed E-state index contributed by atoms with van der Waals surface area (Å²) in [4.78, 5) is 23.4. The summed E-state index contributed by atoms with van der Waals surface area (Å²) < 4.78 is 79.7. The number of ether oxygens (including phenoxy) is 1. The third kappa shape index (κ3) is 7.56. The number of benzene rings is 2. The molecule has 2 N–H and O–H groups in total. The van der Waals surface area contributed by atoms with Gasteiger partial charge in [0.15, 0.2) is 6.61 Å². The number of hydrogen-bond acceptors (Lipinski definition) is 4. The van der Waals surface area contributed by atoms with Crippen molar-refractivity contribution < 1.29 is 40.7 Å². The van der Waals surface area contributed by atoms with Crippen molar-refractivity contribution in [2.24, 2.45) is 0 Å². The van der Waals surface area contributed by atoms with Crippen molar-refractivity contribution in [2.75, 3.05) is 6.61 Å². The minimum Gasteiger partial charge on any atom is -0.484 e. The fraction of sp³-hybridized carbons (Fsp3) is 0.176. The van der Waals surface area contributed by atoms with Gasteiger partial charge in [-0.3, -0.25) is 20.4 Å². The molecule has 0 aliphatic carbocycles. The number of halogens is 6. The molecule has 0 bridgehead atoms. The third-order valence-electron chi connectivity index (χ3n) is 3.19. The third-order valence-corrected chi connectivity index (χ3v) is 3.93. The van der Waals surface area contributed by atoms with Crippen molar-refractivity contribution >= 4 is 23.6 Å². The standard InChI is InChI=1S/C17H12F6N2O3S/c18-16(19,20)11-3-1-2-10(8-11)15(27)25-24-14(26)9-28-12-4-6-13(7-5-12)29-17(21,22)23/h1-8H,9H2,(H,24,26)(H,25,27). The maximum absolute atomic E-state index is 12.6. The lowest BCUT2D eigenvalue weighted by molar-refractivity contribution is -0.137. The van der Waals surface area contributed by atoms with Crippen LogP contribution in [0, 0.1) is 0 Å². The van der Waals surface area contributed by atoms with Gasteiger partial charge in [0, 0.05) is 10.5 Å².